The third kappa shape index (κ3) is 3.56. The van der Waals surface area contributed by atoms with E-state index >= 15 is 0 Å². The Balaban J connectivity index is 1.84. The molecule has 1 aromatic heterocycles. The van der Waals surface area contributed by atoms with Gasteiger partial charge in [-0.2, -0.15) is 0 Å². The van der Waals surface area contributed by atoms with Crippen LogP contribution in [0.4, 0.5) is 0 Å². The summed E-state index contributed by atoms with van der Waals surface area (Å²) in [4.78, 5) is 14.2. The van der Waals surface area contributed by atoms with Crippen LogP contribution in [-0.4, -0.2) is 27.0 Å². The van der Waals surface area contributed by atoms with Gasteiger partial charge in [-0.15, -0.1) is 0 Å². The molecule has 1 amide bonds. The van der Waals surface area contributed by atoms with Crippen LogP contribution in [0.1, 0.15) is 30.5 Å². The minimum absolute atomic E-state index is 0.0869. The van der Waals surface area contributed by atoms with Crippen molar-refractivity contribution in [3.8, 4) is 0 Å². The van der Waals surface area contributed by atoms with Gasteiger partial charge in [0.05, 0.1) is 5.52 Å². The zero-order valence-electron chi connectivity index (χ0n) is 16.4. The Labute approximate surface area is 180 Å². The Hall–Kier alpha value is -2.63. The zero-order chi connectivity index (χ0) is 20.5. The Morgan fingerprint density at radius 3 is 2.55 bits per heavy atom. The van der Waals surface area contributed by atoms with E-state index in [0.717, 1.165) is 28.0 Å². The van der Waals surface area contributed by atoms with Gasteiger partial charge in [0.25, 0.3) is 5.91 Å². The van der Waals surface area contributed by atoms with Crippen molar-refractivity contribution in [3.63, 3.8) is 0 Å². The van der Waals surface area contributed by atoms with E-state index in [9.17, 15) is 4.79 Å². The van der Waals surface area contributed by atoms with E-state index in [-0.39, 0.29) is 5.91 Å². The number of carbonyl (C=O) groups is 1. The van der Waals surface area contributed by atoms with Crippen LogP contribution in [0, 0.1) is 0 Å². The summed E-state index contributed by atoms with van der Waals surface area (Å²) in [5.41, 5.74) is 4.98. The number of hydrogen-bond acceptors (Lipinski definition) is 2. The number of benzene rings is 2. The lowest BCUT2D eigenvalue weighted by Gasteiger charge is -2.10. The minimum Gasteiger partial charge on any atom is -0.342 e. The van der Waals surface area contributed by atoms with E-state index < -0.39 is 0 Å². The lowest BCUT2D eigenvalue weighted by molar-refractivity contribution is -0.122. The highest BCUT2D eigenvalue weighted by atomic mass is 35.5. The van der Waals surface area contributed by atoms with Gasteiger partial charge < -0.3 is 9.88 Å². The highest BCUT2D eigenvalue weighted by Gasteiger charge is 2.29. The highest BCUT2D eigenvalue weighted by Crippen LogP contribution is 2.29. The maximum atomic E-state index is 12.6. The summed E-state index contributed by atoms with van der Waals surface area (Å²) >= 11 is 11.7. The number of thiocarbonyl (C=S) groups is 1. The summed E-state index contributed by atoms with van der Waals surface area (Å²) in [5, 5.41) is 5.37. The first-order chi connectivity index (χ1) is 14.0. The largest absolute Gasteiger partial charge is 0.342 e. The standard InChI is InChI=1S/C23H22ClN3OS/c1-3-15-9-7-10-18-17(12-20-22(28)27(4-2)23(29)25-20)14-26(21(15)18)13-16-8-5-6-11-19(16)24/h5-12,14H,3-4,13H2,1-2H3,(H,25,29)/b20-12-. The molecule has 2 aromatic carbocycles. The number of rotatable bonds is 5. The maximum Gasteiger partial charge on any atom is 0.276 e. The first kappa shape index (κ1) is 19.7. The number of amides is 1. The van der Waals surface area contributed by atoms with E-state index in [1.807, 2.05) is 37.3 Å². The Bertz CT molecular complexity index is 1150. The molecular weight excluding hydrogens is 402 g/mol. The molecule has 1 saturated heterocycles. The van der Waals surface area contributed by atoms with Gasteiger partial charge >= 0.3 is 0 Å². The maximum absolute atomic E-state index is 12.6. The molecule has 1 fully saturated rings. The van der Waals surface area contributed by atoms with Crippen LogP contribution in [0.3, 0.4) is 0 Å². The van der Waals surface area contributed by atoms with Crippen LogP contribution in [0.15, 0.2) is 54.4 Å². The molecule has 29 heavy (non-hydrogen) atoms. The lowest BCUT2D eigenvalue weighted by atomic mass is 10.1. The quantitative estimate of drug-likeness (QED) is 0.464. The fraction of sp³-hybridized carbons (Fsp3) is 0.217. The number of para-hydroxylation sites is 1. The van der Waals surface area contributed by atoms with Gasteiger partial charge in [-0.1, -0.05) is 54.9 Å². The van der Waals surface area contributed by atoms with Gasteiger partial charge in [0.15, 0.2) is 5.11 Å². The van der Waals surface area contributed by atoms with Crippen LogP contribution in [0.2, 0.25) is 5.02 Å². The van der Waals surface area contributed by atoms with Gasteiger partial charge in [-0.3, -0.25) is 9.69 Å². The molecule has 0 saturated carbocycles. The average molecular weight is 424 g/mol. The number of aryl methyl sites for hydroxylation is 1. The van der Waals surface area contributed by atoms with Crippen molar-refractivity contribution in [2.45, 2.75) is 26.8 Å². The second kappa shape index (κ2) is 8.01. The molecular formula is C23H22ClN3OS. The summed E-state index contributed by atoms with van der Waals surface area (Å²) in [5.74, 6) is -0.0869. The van der Waals surface area contributed by atoms with Crippen molar-refractivity contribution in [2.75, 3.05) is 6.54 Å². The van der Waals surface area contributed by atoms with Gasteiger partial charge in [0.1, 0.15) is 5.70 Å². The van der Waals surface area contributed by atoms with E-state index in [4.69, 9.17) is 23.8 Å². The molecule has 0 radical (unpaired) electrons. The molecule has 0 atom stereocenters. The second-order valence-electron chi connectivity index (χ2n) is 7.01. The first-order valence-electron chi connectivity index (χ1n) is 9.72. The van der Waals surface area contributed by atoms with Crippen LogP contribution < -0.4 is 5.32 Å². The smallest absolute Gasteiger partial charge is 0.276 e. The Morgan fingerprint density at radius 1 is 1.10 bits per heavy atom. The van der Waals surface area contributed by atoms with Crippen molar-refractivity contribution >= 4 is 51.8 Å². The topological polar surface area (TPSA) is 37.3 Å². The number of nitrogens with zero attached hydrogens (tertiary/aromatic N) is 2. The van der Waals surface area contributed by atoms with Gasteiger partial charge in [-0.25, -0.2) is 0 Å². The van der Waals surface area contributed by atoms with Crippen molar-refractivity contribution in [1.29, 1.82) is 0 Å². The van der Waals surface area contributed by atoms with Crippen LogP contribution in [-0.2, 0) is 17.8 Å². The summed E-state index contributed by atoms with van der Waals surface area (Å²) in [6.45, 7) is 5.28. The van der Waals surface area contributed by atoms with E-state index in [2.05, 4.69) is 41.2 Å². The van der Waals surface area contributed by atoms with Crippen LogP contribution >= 0.6 is 23.8 Å². The van der Waals surface area contributed by atoms with Crippen molar-refractivity contribution < 1.29 is 4.79 Å². The third-order valence-corrected chi connectivity index (χ3v) is 5.96. The number of fused-ring (bicyclic) bond motifs is 1. The van der Waals surface area contributed by atoms with E-state index in [1.165, 1.54) is 11.1 Å². The molecule has 3 aromatic rings. The van der Waals surface area contributed by atoms with Gasteiger partial charge in [-0.05, 0) is 48.8 Å². The number of likely N-dealkylation sites (N-methyl/N-ethyl adjacent to an activating group) is 1. The number of carbonyl (C=O) groups excluding carboxylic acids is 1. The molecule has 0 unspecified atom stereocenters. The second-order valence-corrected chi connectivity index (χ2v) is 7.80. The number of hydrogen-bond donors (Lipinski definition) is 1. The molecule has 4 rings (SSSR count). The molecule has 4 nitrogen and oxygen atoms in total. The molecule has 0 spiro atoms. The van der Waals surface area contributed by atoms with E-state index in [0.29, 0.717) is 23.9 Å². The number of nitrogens with one attached hydrogen (secondary N) is 1. The predicted molar refractivity (Wildman–Crippen MR) is 123 cm³/mol. The Kier molecular flexibility index (Phi) is 5.43. The summed E-state index contributed by atoms with van der Waals surface area (Å²) in [6, 6.07) is 14.2. The fourth-order valence-corrected chi connectivity index (χ4v) is 4.33. The zero-order valence-corrected chi connectivity index (χ0v) is 18.0. The first-order valence-corrected chi connectivity index (χ1v) is 10.5. The molecule has 0 bridgehead atoms. The van der Waals surface area contributed by atoms with Gasteiger partial charge in [0, 0.05) is 35.3 Å². The molecule has 1 aliphatic rings. The SMILES string of the molecule is CCc1cccc2c(/C=C3\NC(=S)N(CC)C3=O)cn(Cc3ccccc3Cl)c12. The summed E-state index contributed by atoms with van der Waals surface area (Å²) in [6.07, 6.45) is 4.91. The normalized spacial score (nSPS) is 15.6. The minimum atomic E-state index is -0.0869. The van der Waals surface area contributed by atoms with Crippen LogP contribution in [0.25, 0.3) is 17.0 Å². The Morgan fingerprint density at radius 2 is 1.86 bits per heavy atom. The third-order valence-electron chi connectivity index (χ3n) is 5.27. The predicted octanol–water partition coefficient (Wildman–Crippen LogP) is 4.98. The molecule has 1 N–H and O–H groups in total. The highest BCUT2D eigenvalue weighted by molar-refractivity contribution is 7.80. The summed E-state index contributed by atoms with van der Waals surface area (Å²) < 4.78 is 2.22. The van der Waals surface area contributed by atoms with Crippen molar-refractivity contribution in [2.24, 2.45) is 0 Å². The molecule has 2 heterocycles. The summed E-state index contributed by atoms with van der Waals surface area (Å²) in [7, 11) is 0. The molecule has 148 valence electrons. The molecule has 0 aliphatic carbocycles. The molecule has 6 heteroatoms. The van der Waals surface area contributed by atoms with Gasteiger partial charge in [0.2, 0.25) is 0 Å². The van der Waals surface area contributed by atoms with Crippen LogP contribution in [0.5, 0.6) is 0 Å². The van der Waals surface area contributed by atoms with Crippen molar-refractivity contribution in [3.05, 3.63) is 76.1 Å². The van der Waals surface area contributed by atoms with E-state index in [1.54, 1.807) is 4.90 Å². The average Bonchev–Trinajstić information content (AvgIpc) is 3.20. The lowest BCUT2D eigenvalue weighted by Crippen LogP contribution is -2.30. The monoisotopic (exact) mass is 423 g/mol. The number of halogens is 1. The molecule has 1 aliphatic heterocycles. The fourth-order valence-electron chi connectivity index (χ4n) is 3.81. The van der Waals surface area contributed by atoms with Crippen molar-refractivity contribution in [1.82, 2.24) is 14.8 Å². The number of aromatic nitrogens is 1.